The number of carbonyl (C=O) groups is 2. The summed E-state index contributed by atoms with van der Waals surface area (Å²) in [7, 11) is 0. The van der Waals surface area contributed by atoms with Crippen LogP contribution in [0, 0.1) is 6.92 Å². The van der Waals surface area contributed by atoms with E-state index in [-0.39, 0.29) is 11.7 Å². The average Bonchev–Trinajstić information content (AvgIpc) is 3.41. The van der Waals surface area contributed by atoms with Crippen molar-refractivity contribution < 1.29 is 55.6 Å². The zero-order valence-corrected chi connectivity index (χ0v) is 20.8. The number of halogens is 6. The predicted octanol–water partition coefficient (Wildman–Crippen LogP) is 4.32. The number of aromatic nitrogens is 2. The molecule has 9 nitrogen and oxygen atoms in total. The molecule has 0 saturated carbocycles. The predicted molar refractivity (Wildman–Crippen MR) is 121 cm³/mol. The van der Waals surface area contributed by atoms with E-state index in [4.69, 9.17) is 29.3 Å². The Morgan fingerprint density at radius 1 is 1.11 bits per heavy atom. The summed E-state index contributed by atoms with van der Waals surface area (Å²) in [5.74, 6) is -4.82. The summed E-state index contributed by atoms with van der Waals surface area (Å²) in [5, 5.41) is 14.2. The number of pyridine rings is 1. The number of likely N-dealkylation sites (tertiary alicyclic amines) is 1. The standard InChI is InChI=1S/C18H23N3O2S.2C2HF3O2/c1-14-16(24-13-20-14)11-21-8-5-18(6-9-21)10-15(12-22-18)23-17-4-2-3-7-19-17;2*3-2(4,5)1(6)7/h2-4,7,13,15H,5-6,8-12H2,1H3;2*(H,6,7). The Hall–Kier alpha value is -2.98. The van der Waals surface area contributed by atoms with Crippen molar-refractivity contribution in [2.24, 2.45) is 0 Å². The number of piperidine rings is 1. The highest BCUT2D eigenvalue weighted by atomic mass is 32.1. The summed E-state index contributed by atoms with van der Waals surface area (Å²) in [4.78, 5) is 30.3. The molecule has 38 heavy (non-hydrogen) atoms. The number of rotatable bonds is 4. The molecule has 4 heterocycles. The van der Waals surface area contributed by atoms with Crippen molar-refractivity contribution in [1.29, 1.82) is 0 Å². The van der Waals surface area contributed by atoms with E-state index in [1.807, 2.05) is 23.7 Å². The van der Waals surface area contributed by atoms with Crippen LogP contribution in [-0.4, -0.2) is 80.8 Å². The quantitative estimate of drug-likeness (QED) is 0.515. The molecule has 2 fully saturated rings. The van der Waals surface area contributed by atoms with Gasteiger partial charge in [0.15, 0.2) is 0 Å². The molecule has 2 aromatic heterocycles. The highest BCUT2D eigenvalue weighted by Crippen LogP contribution is 2.37. The van der Waals surface area contributed by atoms with Crippen molar-refractivity contribution in [2.75, 3.05) is 19.7 Å². The molecule has 0 aromatic carbocycles. The van der Waals surface area contributed by atoms with Crippen LogP contribution < -0.4 is 4.74 Å². The molecule has 2 N–H and O–H groups in total. The number of ether oxygens (including phenoxy) is 2. The Balaban J connectivity index is 0.000000301. The second kappa shape index (κ2) is 13.2. The van der Waals surface area contributed by atoms with Crippen LogP contribution >= 0.6 is 11.3 Å². The highest BCUT2D eigenvalue weighted by molar-refractivity contribution is 7.09. The van der Waals surface area contributed by atoms with Crippen molar-refractivity contribution in [3.8, 4) is 5.88 Å². The number of alkyl halides is 6. The third-order valence-corrected chi connectivity index (χ3v) is 6.48. The molecule has 212 valence electrons. The Morgan fingerprint density at radius 2 is 1.68 bits per heavy atom. The normalized spacial score (nSPS) is 19.1. The molecule has 1 unspecified atom stereocenters. The first-order valence-electron chi connectivity index (χ1n) is 11.0. The van der Waals surface area contributed by atoms with E-state index in [0.717, 1.165) is 38.9 Å². The Kier molecular flexibility index (Phi) is 10.8. The maximum atomic E-state index is 10.6. The molecule has 2 aliphatic rings. The van der Waals surface area contributed by atoms with E-state index < -0.39 is 24.3 Å². The lowest BCUT2D eigenvalue weighted by molar-refractivity contribution is -0.193. The van der Waals surface area contributed by atoms with Crippen LogP contribution in [0.2, 0.25) is 0 Å². The second-order valence-electron chi connectivity index (χ2n) is 8.35. The lowest BCUT2D eigenvalue weighted by atomic mass is 9.88. The van der Waals surface area contributed by atoms with Crippen molar-refractivity contribution in [2.45, 2.75) is 56.8 Å². The van der Waals surface area contributed by atoms with E-state index >= 15 is 0 Å². The summed E-state index contributed by atoms with van der Waals surface area (Å²) in [6.07, 6.45) is -5.16. The van der Waals surface area contributed by atoms with Gasteiger partial charge in [-0.15, -0.1) is 11.3 Å². The zero-order chi connectivity index (χ0) is 28.6. The minimum absolute atomic E-state index is 0.00130. The Morgan fingerprint density at radius 3 is 2.13 bits per heavy atom. The van der Waals surface area contributed by atoms with Crippen LogP contribution in [0.4, 0.5) is 26.3 Å². The van der Waals surface area contributed by atoms with Crippen LogP contribution in [0.25, 0.3) is 0 Å². The molecule has 2 saturated heterocycles. The number of hydrogen-bond acceptors (Lipinski definition) is 8. The highest BCUT2D eigenvalue weighted by Gasteiger charge is 2.44. The lowest BCUT2D eigenvalue weighted by Gasteiger charge is -2.38. The van der Waals surface area contributed by atoms with Gasteiger partial charge in [-0.2, -0.15) is 26.3 Å². The van der Waals surface area contributed by atoms with Gasteiger partial charge >= 0.3 is 24.3 Å². The maximum absolute atomic E-state index is 10.6. The van der Waals surface area contributed by atoms with Gasteiger partial charge in [0, 0.05) is 43.2 Å². The fraction of sp³-hybridized carbons (Fsp3) is 0.545. The largest absolute Gasteiger partial charge is 0.490 e. The second-order valence-corrected chi connectivity index (χ2v) is 9.29. The number of aryl methyl sites for hydroxylation is 1. The Labute approximate surface area is 217 Å². The van der Waals surface area contributed by atoms with Gasteiger partial charge < -0.3 is 19.7 Å². The first kappa shape index (κ1) is 31.2. The number of aliphatic carboxylic acids is 2. The molecule has 16 heteroatoms. The van der Waals surface area contributed by atoms with Crippen LogP contribution in [-0.2, 0) is 20.9 Å². The number of thiazole rings is 1. The first-order chi connectivity index (χ1) is 17.6. The molecule has 0 bridgehead atoms. The molecule has 1 spiro atoms. The molecule has 2 aliphatic heterocycles. The molecular formula is C22H25F6N3O6S. The molecule has 0 radical (unpaired) electrons. The molecule has 0 amide bonds. The van der Waals surface area contributed by atoms with Crippen molar-refractivity contribution in [1.82, 2.24) is 14.9 Å². The van der Waals surface area contributed by atoms with Crippen LogP contribution in [0.5, 0.6) is 5.88 Å². The van der Waals surface area contributed by atoms with Gasteiger partial charge in [-0.05, 0) is 25.8 Å². The average molecular weight is 574 g/mol. The van der Waals surface area contributed by atoms with Crippen molar-refractivity contribution >= 4 is 23.3 Å². The molecule has 4 rings (SSSR count). The van der Waals surface area contributed by atoms with Gasteiger partial charge in [-0.1, -0.05) is 6.07 Å². The van der Waals surface area contributed by atoms with Crippen molar-refractivity contribution in [3.05, 3.63) is 40.5 Å². The van der Waals surface area contributed by atoms with Crippen LogP contribution in [0.1, 0.15) is 29.8 Å². The summed E-state index contributed by atoms with van der Waals surface area (Å²) in [6.45, 7) is 5.93. The van der Waals surface area contributed by atoms with Crippen LogP contribution in [0.3, 0.4) is 0 Å². The van der Waals surface area contributed by atoms with Gasteiger partial charge in [-0.3, -0.25) is 4.90 Å². The fourth-order valence-corrected chi connectivity index (χ4v) is 4.43. The van der Waals surface area contributed by atoms with Crippen LogP contribution in [0.15, 0.2) is 29.9 Å². The minimum Gasteiger partial charge on any atom is -0.475 e. The summed E-state index contributed by atoms with van der Waals surface area (Å²) in [6, 6.07) is 5.76. The minimum atomic E-state index is -5.08. The smallest absolute Gasteiger partial charge is 0.475 e. The Bertz CT molecular complexity index is 1020. The maximum Gasteiger partial charge on any atom is 0.490 e. The molecule has 1 atom stereocenters. The number of nitrogens with zero attached hydrogens (tertiary/aromatic N) is 3. The summed E-state index contributed by atoms with van der Waals surface area (Å²) in [5.41, 5.74) is 3.11. The molecule has 0 aliphatic carbocycles. The molecule has 2 aromatic rings. The van der Waals surface area contributed by atoms with Crippen molar-refractivity contribution in [3.63, 3.8) is 0 Å². The van der Waals surface area contributed by atoms with E-state index in [1.54, 1.807) is 17.5 Å². The fourth-order valence-electron chi connectivity index (χ4n) is 3.61. The lowest BCUT2D eigenvalue weighted by Crippen LogP contribution is -2.44. The topological polar surface area (TPSA) is 122 Å². The molecular weight excluding hydrogens is 548 g/mol. The van der Waals surface area contributed by atoms with E-state index in [1.165, 1.54) is 10.6 Å². The van der Waals surface area contributed by atoms with Gasteiger partial charge in [-0.25, -0.2) is 19.6 Å². The summed E-state index contributed by atoms with van der Waals surface area (Å²) >= 11 is 1.76. The van der Waals surface area contributed by atoms with Gasteiger partial charge in [0.2, 0.25) is 5.88 Å². The van der Waals surface area contributed by atoms with Gasteiger partial charge in [0.25, 0.3) is 0 Å². The third kappa shape index (κ3) is 10.1. The van der Waals surface area contributed by atoms with E-state index in [9.17, 15) is 26.3 Å². The number of hydrogen-bond donors (Lipinski definition) is 2. The third-order valence-electron chi connectivity index (χ3n) is 5.56. The van der Waals surface area contributed by atoms with E-state index in [0.29, 0.717) is 12.5 Å². The SMILES string of the molecule is Cc1ncsc1CN1CCC2(CC1)CC(Oc1ccccn1)CO2.O=C(O)C(F)(F)F.O=C(O)C(F)(F)F. The first-order valence-corrected chi connectivity index (χ1v) is 11.9. The number of carboxylic acids is 2. The number of carboxylic acid groups (broad SMARTS) is 2. The summed E-state index contributed by atoms with van der Waals surface area (Å²) < 4.78 is 75.6. The monoisotopic (exact) mass is 573 g/mol. The zero-order valence-electron chi connectivity index (χ0n) is 20.0. The van der Waals surface area contributed by atoms with E-state index in [2.05, 4.69) is 21.8 Å². The van der Waals surface area contributed by atoms with Gasteiger partial charge in [0.05, 0.1) is 23.4 Å². The van der Waals surface area contributed by atoms with Gasteiger partial charge in [0.1, 0.15) is 6.10 Å².